The number of hydrogen-bond acceptors (Lipinski definition) is 7. The number of unbranched alkanes of at least 4 members (excludes halogenated alkanes) is 1. The normalized spacial score (nSPS) is 16.6. The molecular weight excluding hydrogens is 306 g/mol. The summed E-state index contributed by atoms with van der Waals surface area (Å²) >= 11 is 0. The van der Waals surface area contributed by atoms with Gasteiger partial charge in [0.1, 0.15) is 5.69 Å². The molecule has 1 aliphatic rings. The van der Waals surface area contributed by atoms with Gasteiger partial charge in [-0.1, -0.05) is 18.5 Å². The maximum absolute atomic E-state index is 12.0. The third-order valence-electron chi connectivity index (χ3n) is 3.58. The zero-order valence-electron chi connectivity index (χ0n) is 12.2. The Kier molecular flexibility index (Phi) is 4.16. The van der Waals surface area contributed by atoms with Crippen LogP contribution in [0.1, 0.15) is 31.6 Å². The molecule has 9 heteroatoms. The molecule has 0 spiro atoms. The zero-order valence-corrected chi connectivity index (χ0v) is 13.0. The molecule has 2 aromatic rings. The van der Waals surface area contributed by atoms with Crippen LogP contribution in [0.15, 0.2) is 23.1 Å². The van der Waals surface area contributed by atoms with E-state index in [4.69, 9.17) is 4.52 Å². The fourth-order valence-electron chi connectivity index (χ4n) is 2.20. The van der Waals surface area contributed by atoms with Crippen molar-refractivity contribution in [3.63, 3.8) is 0 Å². The third kappa shape index (κ3) is 3.00. The summed E-state index contributed by atoms with van der Waals surface area (Å²) in [5.41, 5.74) is 0.532. The molecule has 0 saturated carbocycles. The van der Waals surface area contributed by atoms with Gasteiger partial charge in [-0.05, 0) is 6.42 Å². The molecule has 1 aliphatic heterocycles. The molecule has 22 heavy (non-hydrogen) atoms. The fourth-order valence-corrected chi connectivity index (χ4v) is 3.92. The van der Waals surface area contributed by atoms with Crippen molar-refractivity contribution in [2.75, 3.05) is 18.8 Å². The highest BCUT2D eigenvalue weighted by Crippen LogP contribution is 2.29. The minimum atomic E-state index is -3.15. The molecule has 0 amide bonds. The summed E-state index contributed by atoms with van der Waals surface area (Å²) < 4.78 is 30.7. The summed E-state index contributed by atoms with van der Waals surface area (Å²) in [7, 11) is -3.15. The first-order valence-electron chi connectivity index (χ1n) is 7.18. The zero-order chi connectivity index (χ0) is 15.6. The van der Waals surface area contributed by atoms with Crippen molar-refractivity contribution in [1.82, 2.24) is 24.4 Å². The Morgan fingerprint density at radius 2 is 2.18 bits per heavy atom. The lowest BCUT2D eigenvalue weighted by Gasteiger charge is -2.35. The van der Waals surface area contributed by atoms with E-state index in [0.717, 1.165) is 6.42 Å². The van der Waals surface area contributed by atoms with Gasteiger partial charge in [-0.25, -0.2) is 17.7 Å². The fraction of sp³-hybridized carbons (Fsp3) is 0.538. The lowest BCUT2D eigenvalue weighted by atomic mass is 10.0. The van der Waals surface area contributed by atoms with E-state index in [1.54, 1.807) is 18.6 Å². The second-order valence-corrected chi connectivity index (χ2v) is 7.32. The summed E-state index contributed by atoms with van der Waals surface area (Å²) in [6.45, 7) is 2.77. The molecule has 0 unspecified atom stereocenters. The summed E-state index contributed by atoms with van der Waals surface area (Å²) in [5, 5.41) is 3.87. The Balaban J connectivity index is 1.63. The van der Waals surface area contributed by atoms with E-state index in [1.807, 2.05) is 6.92 Å². The van der Waals surface area contributed by atoms with E-state index < -0.39 is 10.0 Å². The second kappa shape index (κ2) is 6.09. The van der Waals surface area contributed by atoms with Gasteiger partial charge < -0.3 is 4.52 Å². The van der Waals surface area contributed by atoms with Crippen molar-refractivity contribution in [1.29, 1.82) is 0 Å². The topological polar surface area (TPSA) is 102 Å². The average Bonchev–Trinajstić information content (AvgIpc) is 2.94. The van der Waals surface area contributed by atoms with Crippen molar-refractivity contribution in [2.24, 2.45) is 0 Å². The van der Waals surface area contributed by atoms with Gasteiger partial charge in [0.2, 0.25) is 21.7 Å². The third-order valence-corrected chi connectivity index (χ3v) is 5.47. The summed E-state index contributed by atoms with van der Waals surface area (Å²) in [6.07, 6.45) is 6.21. The molecule has 0 atom stereocenters. The molecule has 2 aromatic heterocycles. The number of hydrogen-bond donors (Lipinski definition) is 0. The molecule has 1 saturated heterocycles. The summed E-state index contributed by atoms with van der Waals surface area (Å²) in [5.74, 6) is 0.970. The van der Waals surface area contributed by atoms with Crippen LogP contribution in [-0.2, 0) is 10.0 Å². The van der Waals surface area contributed by atoms with Gasteiger partial charge in [0.25, 0.3) is 0 Å². The first-order chi connectivity index (χ1) is 10.6. The van der Waals surface area contributed by atoms with Crippen LogP contribution >= 0.6 is 0 Å². The molecule has 118 valence electrons. The van der Waals surface area contributed by atoms with Crippen LogP contribution in [0.5, 0.6) is 0 Å². The Labute approximate surface area is 128 Å². The van der Waals surface area contributed by atoms with Crippen molar-refractivity contribution < 1.29 is 12.9 Å². The Morgan fingerprint density at radius 3 is 2.86 bits per heavy atom. The van der Waals surface area contributed by atoms with Crippen LogP contribution in [0.2, 0.25) is 0 Å². The maximum Gasteiger partial charge on any atom is 0.232 e. The van der Waals surface area contributed by atoms with Crippen LogP contribution in [-0.4, -0.2) is 51.7 Å². The van der Waals surface area contributed by atoms with E-state index in [2.05, 4.69) is 20.1 Å². The highest BCUT2D eigenvalue weighted by Gasteiger charge is 2.39. The summed E-state index contributed by atoms with van der Waals surface area (Å²) in [6, 6.07) is 0. The largest absolute Gasteiger partial charge is 0.339 e. The Hall–Kier alpha value is -1.87. The molecule has 0 N–H and O–H groups in total. The van der Waals surface area contributed by atoms with E-state index in [0.29, 0.717) is 36.9 Å². The van der Waals surface area contributed by atoms with Gasteiger partial charge in [-0.3, -0.25) is 4.98 Å². The van der Waals surface area contributed by atoms with E-state index >= 15 is 0 Å². The highest BCUT2D eigenvalue weighted by atomic mass is 32.2. The molecule has 8 nitrogen and oxygen atoms in total. The van der Waals surface area contributed by atoms with Gasteiger partial charge in [-0.2, -0.15) is 4.98 Å². The van der Waals surface area contributed by atoms with Crippen molar-refractivity contribution in [2.45, 2.75) is 25.7 Å². The minimum Gasteiger partial charge on any atom is -0.339 e. The number of aromatic nitrogens is 4. The monoisotopic (exact) mass is 323 g/mol. The molecule has 1 fully saturated rings. The highest BCUT2D eigenvalue weighted by molar-refractivity contribution is 7.89. The molecule has 3 rings (SSSR count). The van der Waals surface area contributed by atoms with Crippen LogP contribution in [0.4, 0.5) is 0 Å². The molecule has 0 bridgehead atoms. The van der Waals surface area contributed by atoms with Crippen LogP contribution in [0.3, 0.4) is 0 Å². The van der Waals surface area contributed by atoms with Crippen LogP contribution < -0.4 is 0 Å². The predicted molar refractivity (Wildman–Crippen MR) is 78.3 cm³/mol. The summed E-state index contributed by atoms with van der Waals surface area (Å²) in [4.78, 5) is 12.3. The Bertz CT molecular complexity index is 725. The van der Waals surface area contributed by atoms with Gasteiger partial charge in [0.05, 0.1) is 17.9 Å². The van der Waals surface area contributed by atoms with Gasteiger partial charge in [0, 0.05) is 25.5 Å². The molecule has 0 aromatic carbocycles. The second-order valence-electron chi connectivity index (χ2n) is 5.23. The van der Waals surface area contributed by atoms with E-state index in [-0.39, 0.29) is 11.7 Å². The first-order valence-corrected chi connectivity index (χ1v) is 8.79. The van der Waals surface area contributed by atoms with Crippen molar-refractivity contribution >= 4 is 10.0 Å². The van der Waals surface area contributed by atoms with Crippen molar-refractivity contribution in [3.05, 3.63) is 24.5 Å². The van der Waals surface area contributed by atoms with Crippen LogP contribution in [0, 0.1) is 0 Å². The first kappa shape index (κ1) is 15.0. The number of nitrogens with zero attached hydrogens (tertiary/aromatic N) is 5. The molecule has 0 radical (unpaired) electrons. The van der Waals surface area contributed by atoms with E-state index in [9.17, 15) is 8.42 Å². The molecule has 0 aliphatic carbocycles. The lowest BCUT2D eigenvalue weighted by Crippen LogP contribution is -2.49. The number of sulfonamides is 1. The quantitative estimate of drug-likeness (QED) is 0.783. The SMILES string of the molecule is CCCCS(=O)(=O)N1CC(c2nc(-c3cnccn3)no2)C1. The smallest absolute Gasteiger partial charge is 0.232 e. The van der Waals surface area contributed by atoms with E-state index in [1.165, 1.54) is 4.31 Å². The van der Waals surface area contributed by atoms with Crippen molar-refractivity contribution in [3.8, 4) is 11.5 Å². The van der Waals surface area contributed by atoms with Crippen LogP contribution in [0.25, 0.3) is 11.5 Å². The van der Waals surface area contributed by atoms with Gasteiger partial charge in [-0.15, -0.1) is 0 Å². The lowest BCUT2D eigenvalue weighted by molar-refractivity contribution is 0.216. The standard InChI is InChI=1S/C13H17N5O3S/c1-2-3-6-22(19,20)18-8-10(9-18)13-16-12(17-21-13)11-7-14-4-5-15-11/h4-5,7,10H,2-3,6,8-9H2,1H3. The molecular formula is C13H17N5O3S. The van der Waals surface area contributed by atoms with Gasteiger partial charge >= 0.3 is 0 Å². The number of rotatable bonds is 6. The maximum atomic E-state index is 12.0. The molecule has 3 heterocycles. The minimum absolute atomic E-state index is 0.0469. The average molecular weight is 323 g/mol. The predicted octanol–water partition coefficient (Wildman–Crippen LogP) is 1.06. The van der Waals surface area contributed by atoms with Gasteiger partial charge in [0.15, 0.2) is 0 Å². The Morgan fingerprint density at radius 1 is 1.36 bits per heavy atom.